The Balaban J connectivity index is 1.65. The summed E-state index contributed by atoms with van der Waals surface area (Å²) in [5.74, 6) is 0.842. The minimum absolute atomic E-state index is 0.154. The Hall–Kier alpha value is -3.93. The van der Waals surface area contributed by atoms with Crippen molar-refractivity contribution in [3.05, 3.63) is 90.2 Å². The number of carboxylic acids is 1. The van der Waals surface area contributed by atoms with Crippen molar-refractivity contribution in [2.45, 2.75) is 6.42 Å². The highest BCUT2D eigenvalue weighted by atomic mass is 16.5. The van der Waals surface area contributed by atoms with E-state index in [1.807, 2.05) is 54.6 Å². The fourth-order valence-electron chi connectivity index (χ4n) is 2.73. The third kappa shape index (κ3) is 3.76. The number of rotatable bonds is 5. The van der Waals surface area contributed by atoms with Crippen LogP contribution in [0.2, 0.25) is 0 Å². The number of hydrogen-bond acceptors (Lipinski definition) is 5. The van der Waals surface area contributed by atoms with E-state index in [-0.39, 0.29) is 11.5 Å². The minimum atomic E-state index is -1.01. The number of benzene rings is 2. The maximum absolute atomic E-state index is 11.2. The van der Waals surface area contributed by atoms with Gasteiger partial charge in [-0.05, 0) is 48.9 Å². The summed E-state index contributed by atoms with van der Waals surface area (Å²) in [6.07, 6.45) is 10.6. The molecule has 0 radical (unpaired) electrons. The van der Waals surface area contributed by atoms with E-state index in [9.17, 15) is 4.79 Å². The average molecular weight is 372 g/mol. The number of ether oxygens (including phenoxy) is 1. The van der Waals surface area contributed by atoms with Crippen LogP contribution in [0.1, 0.15) is 16.8 Å². The highest BCUT2D eigenvalue weighted by Gasteiger charge is 2.16. The Morgan fingerprint density at radius 1 is 1.04 bits per heavy atom. The van der Waals surface area contributed by atoms with Gasteiger partial charge in [0.05, 0.1) is 11.1 Å². The van der Waals surface area contributed by atoms with Crippen LogP contribution in [0.4, 0.5) is 0 Å². The molecule has 1 aliphatic rings. The molecule has 0 fully saturated rings. The van der Waals surface area contributed by atoms with Crippen molar-refractivity contribution in [2.24, 2.45) is 0 Å². The van der Waals surface area contributed by atoms with Crippen LogP contribution in [0.5, 0.6) is 5.75 Å². The maximum Gasteiger partial charge on any atom is 0.335 e. The van der Waals surface area contributed by atoms with Crippen LogP contribution < -0.4 is 4.74 Å². The van der Waals surface area contributed by atoms with E-state index >= 15 is 0 Å². The predicted molar refractivity (Wildman–Crippen MR) is 104 cm³/mol. The molecule has 3 aromatic rings. The molecule has 6 heteroatoms. The first-order valence-electron chi connectivity index (χ1n) is 8.68. The van der Waals surface area contributed by atoms with Crippen molar-refractivity contribution < 1.29 is 19.1 Å². The Kier molecular flexibility index (Phi) is 4.84. The smallest absolute Gasteiger partial charge is 0.335 e. The summed E-state index contributed by atoms with van der Waals surface area (Å²) < 4.78 is 11.8. The van der Waals surface area contributed by atoms with Gasteiger partial charge in [-0.2, -0.15) is 0 Å². The number of hydrogen-bond donors (Lipinski definition) is 1. The number of allylic oxidation sites excluding steroid dienone is 5. The molecular weight excluding hydrogens is 356 g/mol. The van der Waals surface area contributed by atoms with Crippen molar-refractivity contribution >= 4 is 5.97 Å². The van der Waals surface area contributed by atoms with Crippen LogP contribution in [0, 0.1) is 0 Å². The first-order chi connectivity index (χ1) is 13.7. The van der Waals surface area contributed by atoms with Crippen LogP contribution >= 0.6 is 0 Å². The van der Waals surface area contributed by atoms with E-state index in [0.29, 0.717) is 22.8 Å². The molecule has 0 saturated heterocycles. The number of para-hydroxylation sites is 1. The zero-order valence-corrected chi connectivity index (χ0v) is 14.8. The molecular formula is C22H16N2O4. The number of aromatic nitrogens is 2. The fraction of sp³-hybridized carbons (Fsp3) is 0.0455. The summed E-state index contributed by atoms with van der Waals surface area (Å²) in [5.41, 5.74) is 1.35. The third-order valence-electron chi connectivity index (χ3n) is 4.09. The molecule has 1 N–H and O–H groups in total. The quantitative estimate of drug-likeness (QED) is 0.687. The van der Waals surface area contributed by atoms with Gasteiger partial charge >= 0.3 is 5.97 Å². The topological polar surface area (TPSA) is 85.5 Å². The van der Waals surface area contributed by atoms with E-state index in [1.165, 1.54) is 12.1 Å². The van der Waals surface area contributed by atoms with Gasteiger partial charge in [0.25, 0.3) is 5.89 Å². The van der Waals surface area contributed by atoms with E-state index in [1.54, 1.807) is 12.1 Å². The lowest BCUT2D eigenvalue weighted by Gasteiger charge is -2.09. The molecule has 1 heterocycles. The van der Waals surface area contributed by atoms with Crippen LogP contribution in [-0.2, 0) is 0 Å². The first kappa shape index (κ1) is 17.5. The molecule has 1 aromatic heterocycles. The minimum Gasteiger partial charge on any atom is -0.478 e. The van der Waals surface area contributed by atoms with Gasteiger partial charge in [-0.1, -0.05) is 36.4 Å². The molecule has 0 bridgehead atoms. The van der Waals surface area contributed by atoms with Crippen LogP contribution in [0.15, 0.2) is 89.1 Å². The van der Waals surface area contributed by atoms with Crippen molar-refractivity contribution in [1.29, 1.82) is 0 Å². The summed E-state index contributed by atoms with van der Waals surface area (Å²) in [4.78, 5) is 11.2. The summed E-state index contributed by atoms with van der Waals surface area (Å²) in [7, 11) is 0. The van der Waals surface area contributed by atoms with Gasteiger partial charge in [-0.25, -0.2) is 4.79 Å². The van der Waals surface area contributed by atoms with Gasteiger partial charge in [-0.15, -0.1) is 10.2 Å². The molecule has 0 atom stereocenters. The lowest BCUT2D eigenvalue weighted by Crippen LogP contribution is -1.95. The molecule has 0 amide bonds. The monoisotopic (exact) mass is 372 g/mol. The van der Waals surface area contributed by atoms with Crippen LogP contribution in [-0.4, -0.2) is 21.3 Å². The largest absolute Gasteiger partial charge is 0.478 e. The lowest BCUT2D eigenvalue weighted by atomic mass is 10.1. The fourth-order valence-corrected chi connectivity index (χ4v) is 2.73. The molecule has 0 spiro atoms. The van der Waals surface area contributed by atoms with E-state index in [2.05, 4.69) is 10.2 Å². The van der Waals surface area contributed by atoms with Gasteiger partial charge in [0.1, 0.15) is 11.5 Å². The number of nitrogens with zero attached hydrogens (tertiary/aromatic N) is 2. The maximum atomic E-state index is 11.2. The van der Waals surface area contributed by atoms with Crippen molar-refractivity contribution in [1.82, 2.24) is 10.2 Å². The summed E-state index contributed by atoms with van der Waals surface area (Å²) >= 11 is 0. The molecule has 138 valence electrons. The number of aromatic carboxylic acids is 1. The number of carboxylic acid groups (broad SMARTS) is 1. The summed E-state index contributed by atoms with van der Waals surface area (Å²) in [6.45, 7) is 0. The standard InChI is InChI=1S/C22H16N2O4/c25-22(26)16-9-7-8-15(14-16)20-23-24-21(28-20)18-12-5-6-13-19(18)27-17-10-3-1-2-4-11-17/h1-3,5-14H,4H2,(H,25,26). The average Bonchev–Trinajstić information content (AvgIpc) is 3.07. The van der Waals surface area contributed by atoms with Gasteiger partial charge in [0, 0.05) is 5.56 Å². The van der Waals surface area contributed by atoms with Crippen LogP contribution in [0.3, 0.4) is 0 Å². The van der Waals surface area contributed by atoms with Gasteiger partial charge < -0.3 is 14.3 Å². The zero-order valence-electron chi connectivity index (χ0n) is 14.8. The highest BCUT2D eigenvalue weighted by Crippen LogP contribution is 2.32. The highest BCUT2D eigenvalue weighted by molar-refractivity contribution is 5.89. The van der Waals surface area contributed by atoms with E-state index in [4.69, 9.17) is 14.3 Å². The first-order valence-corrected chi connectivity index (χ1v) is 8.68. The molecule has 28 heavy (non-hydrogen) atoms. The molecule has 2 aromatic carbocycles. The van der Waals surface area contributed by atoms with Crippen molar-refractivity contribution in [2.75, 3.05) is 0 Å². The third-order valence-corrected chi connectivity index (χ3v) is 4.09. The van der Waals surface area contributed by atoms with Crippen molar-refractivity contribution in [3.63, 3.8) is 0 Å². The summed E-state index contributed by atoms with van der Waals surface area (Å²) in [5, 5.41) is 17.3. The second-order valence-corrected chi connectivity index (χ2v) is 6.03. The zero-order chi connectivity index (χ0) is 19.3. The predicted octanol–water partition coefficient (Wildman–Crippen LogP) is 4.88. The molecule has 0 aliphatic heterocycles. The van der Waals surface area contributed by atoms with Gasteiger partial charge in [0.15, 0.2) is 0 Å². The Labute approximate surface area is 161 Å². The number of carbonyl (C=O) groups is 1. The van der Waals surface area contributed by atoms with Gasteiger partial charge in [0.2, 0.25) is 5.89 Å². The molecule has 6 nitrogen and oxygen atoms in total. The second kappa shape index (κ2) is 7.75. The molecule has 4 rings (SSSR count). The molecule has 1 aliphatic carbocycles. The van der Waals surface area contributed by atoms with Crippen LogP contribution in [0.25, 0.3) is 22.9 Å². The Morgan fingerprint density at radius 2 is 1.89 bits per heavy atom. The summed E-state index contributed by atoms with van der Waals surface area (Å²) in [6, 6.07) is 13.8. The van der Waals surface area contributed by atoms with E-state index < -0.39 is 5.97 Å². The second-order valence-electron chi connectivity index (χ2n) is 6.03. The van der Waals surface area contributed by atoms with Gasteiger partial charge in [-0.3, -0.25) is 0 Å². The van der Waals surface area contributed by atoms with E-state index in [0.717, 1.165) is 12.2 Å². The Bertz CT molecular complexity index is 1110. The lowest BCUT2D eigenvalue weighted by molar-refractivity contribution is 0.0697. The molecule has 0 saturated carbocycles. The molecule has 0 unspecified atom stereocenters. The Morgan fingerprint density at radius 3 is 2.79 bits per heavy atom. The van der Waals surface area contributed by atoms with Crippen molar-refractivity contribution in [3.8, 4) is 28.7 Å². The SMILES string of the molecule is O=C(O)c1cccc(-c2nnc(-c3ccccc3OC3=CCC=CC=C3)o2)c1. The normalized spacial score (nSPS) is 13.1.